The summed E-state index contributed by atoms with van der Waals surface area (Å²) in [6.07, 6.45) is 5.13. The van der Waals surface area contributed by atoms with Crippen molar-refractivity contribution in [3.05, 3.63) is 99.8 Å². The highest BCUT2D eigenvalue weighted by Gasteiger charge is 2.27. The van der Waals surface area contributed by atoms with Crippen molar-refractivity contribution >= 4 is 39.9 Å². The molecule has 6 nitrogen and oxygen atoms in total. The molecule has 2 aliphatic rings. The number of aromatic nitrogens is 2. The summed E-state index contributed by atoms with van der Waals surface area (Å²) in [6.45, 7) is 10.2. The Morgan fingerprint density at radius 1 is 0.814 bits per heavy atom. The van der Waals surface area contributed by atoms with Crippen molar-refractivity contribution in [1.29, 1.82) is 0 Å². The van der Waals surface area contributed by atoms with Gasteiger partial charge >= 0.3 is 0 Å². The zero-order valence-corrected chi connectivity index (χ0v) is 26.6. The molecule has 0 bridgehead atoms. The quantitative estimate of drug-likeness (QED) is 0.186. The van der Waals surface area contributed by atoms with Gasteiger partial charge in [0, 0.05) is 60.7 Å². The number of anilines is 1. The molecule has 0 saturated carbocycles. The molecule has 226 valence electrons. The number of likely N-dealkylation sites (tertiary alicyclic amines) is 1. The Morgan fingerprint density at radius 2 is 1.49 bits per heavy atom. The Balaban J connectivity index is 1.11. The Bertz CT molecular complexity index is 1420. The second-order valence-corrected chi connectivity index (χ2v) is 12.9. The Kier molecular flexibility index (Phi) is 10.1. The number of benzene rings is 3. The third-order valence-electron chi connectivity index (χ3n) is 9.01. The minimum atomic E-state index is 0.150. The molecule has 3 aromatic carbocycles. The summed E-state index contributed by atoms with van der Waals surface area (Å²) in [7, 11) is 0. The molecule has 3 heterocycles. The largest absolute Gasteiger partial charge is 0.369 e. The van der Waals surface area contributed by atoms with Gasteiger partial charge in [0.15, 0.2) is 0 Å². The predicted octanol–water partition coefficient (Wildman–Crippen LogP) is 7.52. The lowest BCUT2D eigenvalue weighted by atomic mass is 9.96. The van der Waals surface area contributed by atoms with Crippen molar-refractivity contribution in [3.63, 3.8) is 0 Å². The fourth-order valence-corrected chi connectivity index (χ4v) is 6.84. The van der Waals surface area contributed by atoms with Gasteiger partial charge in [0.05, 0.1) is 18.1 Å². The molecule has 4 aromatic rings. The second kappa shape index (κ2) is 14.4. The van der Waals surface area contributed by atoms with E-state index in [4.69, 9.17) is 33.2 Å². The molecular formula is C35H42Cl2N6. The highest BCUT2D eigenvalue weighted by Crippen LogP contribution is 2.31. The maximum atomic E-state index is 6.23. The molecule has 1 N–H and O–H groups in total. The van der Waals surface area contributed by atoms with Crippen molar-refractivity contribution in [2.45, 2.75) is 51.2 Å². The van der Waals surface area contributed by atoms with Crippen LogP contribution in [0.1, 0.15) is 55.6 Å². The maximum absolute atomic E-state index is 6.23. The number of para-hydroxylation sites is 1. The number of piperidine rings is 1. The van der Waals surface area contributed by atoms with E-state index in [0.717, 1.165) is 84.8 Å². The van der Waals surface area contributed by atoms with E-state index in [9.17, 15) is 0 Å². The molecule has 1 atom stereocenters. The molecule has 1 aromatic heterocycles. The number of rotatable bonds is 10. The van der Waals surface area contributed by atoms with Crippen molar-refractivity contribution in [1.82, 2.24) is 24.7 Å². The summed E-state index contributed by atoms with van der Waals surface area (Å²) in [6, 6.07) is 25.7. The number of nitrogens with one attached hydrogen (secondary N) is 1. The zero-order valence-electron chi connectivity index (χ0n) is 25.1. The van der Waals surface area contributed by atoms with Gasteiger partial charge in [-0.1, -0.05) is 66.0 Å². The van der Waals surface area contributed by atoms with E-state index in [1.165, 1.54) is 36.9 Å². The number of nitrogens with zero attached hydrogens (tertiary/aromatic N) is 5. The van der Waals surface area contributed by atoms with Gasteiger partial charge in [-0.2, -0.15) is 0 Å². The van der Waals surface area contributed by atoms with E-state index in [1.54, 1.807) is 0 Å². The van der Waals surface area contributed by atoms with Gasteiger partial charge in [0.1, 0.15) is 11.6 Å². The fraction of sp³-hybridized carbons (Fsp3) is 0.429. The lowest BCUT2D eigenvalue weighted by Gasteiger charge is -2.39. The first kappa shape index (κ1) is 30.3. The first-order chi connectivity index (χ1) is 21.0. The van der Waals surface area contributed by atoms with E-state index in [0.29, 0.717) is 6.04 Å². The lowest BCUT2D eigenvalue weighted by Crippen LogP contribution is -2.47. The summed E-state index contributed by atoms with van der Waals surface area (Å²) in [4.78, 5) is 17.7. The van der Waals surface area contributed by atoms with Crippen LogP contribution in [0.2, 0.25) is 10.0 Å². The van der Waals surface area contributed by atoms with Gasteiger partial charge in [0.2, 0.25) is 0 Å². The Morgan fingerprint density at radius 3 is 2.16 bits per heavy atom. The lowest BCUT2D eigenvalue weighted by molar-refractivity contribution is 0.103. The standard InChI is InChI=1S/C35H42Cl2N6/c1-26-7-4-5-19-42(26)20-6-18-38-35-31-8-2-3-9-32(31)39-33(40-35)25-41-21-23-43(24-22-41)34(27-10-14-29(36)15-11-27)28-12-16-30(37)17-13-28/h2-3,8-17,26,34H,4-7,18-25H2,1H3,(H,38,39,40). The van der Waals surface area contributed by atoms with Crippen LogP contribution in [0.25, 0.3) is 10.9 Å². The van der Waals surface area contributed by atoms with Gasteiger partial charge in [0.25, 0.3) is 0 Å². The van der Waals surface area contributed by atoms with Crippen molar-refractivity contribution < 1.29 is 0 Å². The van der Waals surface area contributed by atoms with Gasteiger partial charge in [-0.05, 0) is 80.3 Å². The molecule has 43 heavy (non-hydrogen) atoms. The van der Waals surface area contributed by atoms with Crippen LogP contribution in [0.3, 0.4) is 0 Å². The average molecular weight is 618 g/mol. The molecule has 1 unspecified atom stereocenters. The molecule has 0 spiro atoms. The van der Waals surface area contributed by atoms with Crippen LogP contribution in [0.4, 0.5) is 5.82 Å². The molecular weight excluding hydrogens is 575 g/mol. The molecule has 6 rings (SSSR count). The van der Waals surface area contributed by atoms with Gasteiger partial charge in [-0.3, -0.25) is 9.80 Å². The molecule has 2 fully saturated rings. The highest BCUT2D eigenvalue weighted by atomic mass is 35.5. The summed E-state index contributed by atoms with van der Waals surface area (Å²) >= 11 is 12.5. The normalized spacial score (nSPS) is 18.8. The first-order valence-electron chi connectivity index (χ1n) is 15.7. The van der Waals surface area contributed by atoms with E-state index in [-0.39, 0.29) is 6.04 Å². The average Bonchev–Trinajstić information content (AvgIpc) is 3.03. The van der Waals surface area contributed by atoms with Crippen LogP contribution < -0.4 is 5.32 Å². The number of hydrogen-bond donors (Lipinski definition) is 1. The zero-order chi connectivity index (χ0) is 29.6. The molecule has 2 aliphatic heterocycles. The smallest absolute Gasteiger partial charge is 0.145 e. The van der Waals surface area contributed by atoms with Crippen LogP contribution in [0, 0.1) is 0 Å². The van der Waals surface area contributed by atoms with Gasteiger partial charge in [-0.15, -0.1) is 0 Å². The predicted molar refractivity (Wildman–Crippen MR) is 179 cm³/mol. The first-order valence-corrected chi connectivity index (χ1v) is 16.5. The molecule has 0 aliphatic carbocycles. The number of hydrogen-bond acceptors (Lipinski definition) is 6. The van der Waals surface area contributed by atoms with E-state index < -0.39 is 0 Å². The van der Waals surface area contributed by atoms with Crippen molar-refractivity contribution in [2.24, 2.45) is 0 Å². The maximum Gasteiger partial charge on any atom is 0.145 e. The monoisotopic (exact) mass is 616 g/mol. The number of fused-ring (bicyclic) bond motifs is 1. The van der Waals surface area contributed by atoms with Crippen LogP contribution in [-0.2, 0) is 6.54 Å². The fourth-order valence-electron chi connectivity index (χ4n) is 6.59. The number of halogens is 2. The molecule has 8 heteroatoms. The SMILES string of the molecule is CC1CCCCN1CCCNc1nc(CN2CCN(C(c3ccc(Cl)cc3)c3ccc(Cl)cc3)CC2)nc2ccccc12. The van der Waals surface area contributed by atoms with E-state index >= 15 is 0 Å². The molecule has 0 amide bonds. The highest BCUT2D eigenvalue weighted by molar-refractivity contribution is 6.30. The summed E-state index contributed by atoms with van der Waals surface area (Å²) in [5, 5.41) is 6.26. The summed E-state index contributed by atoms with van der Waals surface area (Å²) < 4.78 is 0. The summed E-state index contributed by atoms with van der Waals surface area (Å²) in [5.41, 5.74) is 3.48. The number of piperazine rings is 1. The molecule has 2 saturated heterocycles. The van der Waals surface area contributed by atoms with Crippen molar-refractivity contribution in [2.75, 3.05) is 51.1 Å². The third-order valence-corrected chi connectivity index (χ3v) is 9.52. The van der Waals surface area contributed by atoms with E-state index in [2.05, 4.69) is 75.5 Å². The van der Waals surface area contributed by atoms with Crippen molar-refractivity contribution in [3.8, 4) is 0 Å². The van der Waals surface area contributed by atoms with Gasteiger partial charge in [-0.25, -0.2) is 9.97 Å². The Hall–Kier alpha value is -2.74. The molecule has 0 radical (unpaired) electrons. The van der Waals surface area contributed by atoms with Gasteiger partial charge < -0.3 is 10.2 Å². The minimum absolute atomic E-state index is 0.150. The Labute approximate surface area is 266 Å². The topological polar surface area (TPSA) is 47.5 Å². The van der Waals surface area contributed by atoms with Crippen LogP contribution >= 0.6 is 23.2 Å². The van der Waals surface area contributed by atoms with Crippen LogP contribution in [0.5, 0.6) is 0 Å². The van der Waals surface area contributed by atoms with Crippen LogP contribution in [0.15, 0.2) is 72.8 Å². The second-order valence-electron chi connectivity index (χ2n) is 12.0. The van der Waals surface area contributed by atoms with Crippen LogP contribution in [-0.4, -0.2) is 76.5 Å². The third kappa shape index (κ3) is 7.68. The summed E-state index contributed by atoms with van der Waals surface area (Å²) in [5.74, 6) is 1.84. The van der Waals surface area contributed by atoms with E-state index in [1.807, 2.05) is 24.3 Å². The minimum Gasteiger partial charge on any atom is -0.369 e.